The zero-order valence-corrected chi connectivity index (χ0v) is 17.5. The standard InChI is InChI=1S/C20H28ClN5O3/c1-28-14(5-8-26-12-23-15-16(22)24-19(21)25-17(15)26)11-29-18(27)13-9-20(10-13)6-3-2-4-7-20/h12-14H,2-11H2,1H3,(H2,22,24,25). The summed E-state index contributed by atoms with van der Waals surface area (Å²) in [6.07, 6.45) is 10.6. The van der Waals surface area contributed by atoms with Crippen LogP contribution in [0.15, 0.2) is 6.33 Å². The molecule has 2 fully saturated rings. The summed E-state index contributed by atoms with van der Waals surface area (Å²) in [6, 6.07) is 0. The van der Waals surface area contributed by atoms with Gasteiger partial charge < -0.3 is 19.8 Å². The van der Waals surface area contributed by atoms with Gasteiger partial charge in [0.05, 0.1) is 18.3 Å². The van der Waals surface area contributed by atoms with Crippen LogP contribution >= 0.6 is 11.6 Å². The monoisotopic (exact) mass is 421 g/mol. The van der Waals surface area contributed by atoms with Crippen LogP contribution in [-0.2, 0) is 20.8 Å². The van der Waals surface area contributed by atoms with Gasteiger partial charge in [-0.3, -0.25) is 4.79 Å². The third-order valence-electron chi connectivity index (χ3n) is 6.51. The molecule has 158 valence electrons. The Labute approximate surface area is 175 Å². The van der Waals surface area contributed by atoms with E-state index in [9.17, 15) is 4.79 Å². The number of hydrogen-bond donors (Lipinski definition) is 1. The third-order valence-corrected chi connectivity index (χ3v) is 6.68. The van der Waals surface area contributed by atoms with Crippen molar-refractivity contribution in [1.82, 2.24) is 19.5 Å². The molecule has 0 amide bonds. The molecule has 1 atom stereocenters. The molecule has 0 aliphatic heterocycles. The molecule has 0 saturated heterocycles. The molecule has 2 aliphatic rings. The van der Waals surface area contributed by atoms with E-state index in [2.05, 4.69) is 15.0 Å². The van der Waals surface area contributed by atoms with Crippen molar-refractivity contribution in [3.63, 3.8) is 0 Å². The number of ether oxygens (including phenoxy) is 2. The van der Waals surface area contributed by atoms with Crippen molar-refractivity contribution in [3.8, 4) is 0 Å². The van der Waals surface area contributed by atoms with Gasteiger partial charge in [-0.15, -0.1) is 0 Å². The molecule has 2 N–H and O–H groups in total. The number of aromatic nitrogens is 4. The second-order valence-corrected chi connectivity index (χ2v) is 8.77. The number of esters is 1. The third kappa shape index (κ3) is 4.33. The van der Waals surface area contributed by atoms with Crippen LogP contribution in [0.1, 0.15) is 51.4 Å². The van der Waals surface area contributed by atoms with E-state index in [4.69, 9.17) is 26.8 Å². The van der Waals surface area contributed by atoms with Crippen LogP contribution in [0.5, 0.6) is 0 Å². The van der Waals surface area contributed by atoms with Gasteiger partial charge in [0.15, 0.2) is 11.5 Å². The molecule has 0 bridgehead atoms. The van der Waals surface area contributed by atoms with Crippen molar-refractivity contribution in [2.45, 2.75) is 64.0 Å². The molecule has 1 spiro atoms. The Morgan fingerprint density at radius 2 is 2.10 bits per heavy atom. The Morgan fingerprint density at radius 1 is 1.34 bits per heavy atom. The van der Waals surface area contributed by atoms with E-state index in [0.29, 0.717) is 29.5 Å². The molecule has 2 aliphatic carbocycles. The summed E-state index contributed by atoms with van der Waals surface area (Å²) in [5.41, 5.74) is 7.37. The van der Waals surface area contributed by atoms with Crippen LogP contribution < -0.4 is 5.73 Å². The molecule has 2 aromatic rings. The van der Waals surface area contributed by atoms with E-state index in [1.807, 2.05) is 4.57 Å². The highest BCUT2D eigenvalue weighted by Crippen LogP contribution is 2.55. The molecule has 0 aromatic carbocycles. The number of nitrogens with zero attached hydrogens (tertiary/aromatic N) is 4. The van der Waals surface area contributed by atoms with Crippen LogP contribution in [-0.4, -0.2) is 45.3 Å². The van der Waals surface area contributed by atoms with Crippen molar-refractivity contribution in [2.75, 3.05) is 19.5 Å². The Morgan fingerprint density at radius 3 is 2.83 bits per heavy atom. The molecule has 0 radical (unpaired) electrons. The lowest BCUT2D eigenvalue weighted by atomic mass is 9.56. The Kier molecular flexibility index (Phi) is 5.92. The van der Waals surface area contributed by atoms with Gasteiger partial charge in [0.25, 0.3) is 0 Å². The van der Waals surface area contributed by atoms with E-state index < -0.39 is 0 Å². The van der Waals surface area contributed by atoms with Gasteiger partial charge in [-0.25, -0.2) is 4.98 Å². The highest BCUT2D eigenvalue weighted by molar-refractivity contribution is 6.28. The number of rotatable bonds is 7. The first-order valence-electron chi connectivity index (χ1n) is 10.3. The van der Waals surface area contributed by atoms with Gasteiger partial charge in [-0.1, -0.05) is 19.3 Å². The minimum Gasteiger partial charge on any atom is -0.463 e. The van der Waals surface area contributed by atoms with E-state index in [0.717, 1.165) is 12.8 Å². The first-order chi connectivity index (χ1) is 14.0. The van der Waals surface area contributed by atoms with Gasteiger partial charge in [-0.05, 0) is 49.1 Å². The lowest BCUT2D eigenvalue weighted by molar-refractivity contribution is -0.162. The van der Waals surface area contributed by atoms with E-state index in [1.165, 1.54) is 32.1 Å². The number of methoxy groups -OCH3 is 1. The van der Waals surface area contributed by atoms with Crippen molar-refractivity contribution in [2.24, 2.45) is 11.3 Å². The quantitative estimate of drug-likeness (QED) is 0.539. The molecule has 2 heterocycles. The number of nitrogen functional groups attached to an aromatic ring is 1. The first kappa shape index (κ1) is 20.3. The molecule has 2 saturated carbocycles. The van der Waals surface area contributed by atoms with Crippen LogP contribution in [0.2, 0.25) is 5.28 Å². The fraction of sp³-hybridized carbons (Fsp3) is 0.700. The maximum Gasteiger partial charge on any atom is 0.309 e. The Bertz CT molecular complexity index is 872. The minimum atomic E-state index is -0.199. The molecule has 4 rings (SSSR count). The summed E-state index contributed by atoms with van der Waals surface area (Å²) in [5.74, 6) is 0.237. The van der Waals surface area contributed by atoms with E-state index in [1.54, 1.807) is 13.4 Å². The molecule has 8 nitrogen and oxygen atoms in total. The topological polar surface area (TPSA) is 105 Å². The maximum atomic E-state index is 12.4. The van der Waals surface area contributed by atoms with Crippen LogP contribution in [0.4, 0.5) is 5.82 Å². The number of carbonyl (C=O) groups excluding carboxylic acids is 1. The summed E-state index contributed by atoms with van der Waals surface area (Å²) in [7, 11) is 1.63. The SMILES string of the molecule is COC(CCn1cnc2c(N)nc(Cl)nc21)COC(=O)C1CC2(CCCCC2)C1. The largest absolute Gasteiger partial charge is 0.463 e. The number of carbonyl (C=O) groups is 1. The molecular formula is C20H28ClN5O3. The lowest BCUT2D eigenvalue weighted by Crippen LogP contribution is -2.43. The summed E-state index contributed by atoms with van der Waals surface area (Å²) < 4.78 is 12.9. The fourth-order valence-corrected chi connectivity index (χ4v) is 4.98. The highest BCUT2D eigenvalue weighted by Gasteiger charge is 2.48. The van der Waals surface area contributed by atoms with Gasteiger partial charge in [0.1, 0.15) is 12.1 Å². The van der Waals surface area contributed by atoms with Gasteiger partial charge in [-0.2, -0.15) is 9.97 Å². The maximum absolute atomic E-state index is 12.4. The number of aryl methyl sites for hydroxylation is 1. The number of imidazole rings is 1. The zero-order valence-electron chi connectivity index (χ0n) is 16.8. The van der Waals surface area contributed by atoms with E-state index >= 15 is 0 Å². The smallest absolute Gasteiger partial charge is 0.309 e. The van der Waals surface area contributed by atoms with Gasteiger partial charge in [0.2, 0.25) is 5.28 Å². The van der Waals surface area contributed by atoms with Crippen LogP contribution in [0, 0.1) is 11.3 Å². The number of anilines is 1. The number of fused-ring (bicyclic) bond motifs is 1. The zero-order chi connectivity index (χ0) is 20.4. The van der Waals surface area contributed by atoms with Gasteiger partial charge >= 0.3 is 5.97 Å². The summed E-state index contributed by atoms with van der Waals surface area (Å²) in [6.45, 7) is 0.842. The average molecular weight is 422 g/mol. The van der Waals surface area contributed by atoms with Crippen LogP contribution in [0.25, 0.3) is 11.2 Å². The second kappa shape index (κ2) is 8.44. The number of hydrogen-bond acceptors (Lipinski definition) is 7. The molecule has 29 heavy (non-hydrogen) atoms. The second-order valence-electron chi connectivity index (χ2n) is 8.43. The molecule has 9 heteroatoms. The normalized spacial score (nSPS) is 19.9. The number of nitrogens with two attached hydrogens (primary N) is 1. The summed E-state index contributed by atoms with van der Waals surface area (Å²) >= 11 is 5.90. The molecule has 2 aromatic heterocycles. The average Bonchev–Trinajstić information content (AvgIpc) is 3.09. The van der Waals surface area contributed by atoms with Crippen LogP contribution in [0.3, 0.4) is 0 Å². The Hall–Kier alpha value is -1.93. The predicted octanol–water partition coefficient (Wildman–Crippen LogP) is 3.37. The van der Waals surface area contributed by atoms with Crippen molar-refractivity contribution in [3.05, 3.63) is 11.6 Å². The Balaban J connectivity index is 1.26. The van der Waals surface area contributed by atoms with Crippen molar-refractivity contribution < 1.29 is 14.3 Å². The first-order valence-corrected chi connectivity index (χ1v) is 10.7. The van der Waals surface area contributed by atoms with Gasteiger partial charge in [0, 0.05) is 13.7 Å². The fourth-order valence-electron chi connectivity index (χ4n) is 4.81. The summed E-state index contributed by atoms with van der Waals surface area (Å²) in [5, 5.41) is 0.0882. The van der Waals surface area contributed by atoms with Crippen molar-refractivity contribution >= 4 is 34.6 Å². The minimum absolute atomic E-state index is 0.0602. The lowest BCUT2D eigenvalue weighted by Gasteiger charge is -2.49. The highest BCUT2D eigenvalue weighted by atomic mass is 35.5. The van der Waals surface area contributed by atoms with Crippen molar-refractivity contribution in [1.29, 1.82) is 0 Å². The molecule has 1 unspecified atom stereocenters. The molecular weight excluding hydrogens is 394 g/mol. The number of halogens is 1. The van der Waals surface area contributed by atoms with E-state index in [-0.39, 0.29) is 35.7 Å². The summed E-state index contributed by atoms with van der Waals surface area (Å²) in [4.78, 5) is 24.8. The predicted molar refractivity (Wildman–Crippen MR) is 109 cm³/mol.